The summed E-state index contributed by atoms with van der Waals surface area (Å²) in [5, 5.41) is 18.5. The minimum atomic E-state index is -4.15. The van der Waals surface area contributed by atoms with Gasteiger partial charge in [-0.3, -0.25) is 18.7 Å². The second kappa shape index (κ2) is 9.79. The molecule has 3 aromatic rings. The molecule has 3 rings (SSSR count). The van der Waals surface area contributed by atoms with Gasteiger partial charge >= 0.3 is 5.97 Å². The number of nitrogens with zero attached hydrogens (tertiary/aromatic N) is 4. The molecular weight excluding hydrogens is 454 g/mol. The van der Waals surface area contributed by atoms with E-state index in [2.05, 4.69) is 30.9 Å². The number of hydrogen-bond acceptors (Lipinski definition) is 10. The number of carboxylic acids is 1. The number of pyridine rings is 1. The number of nitrogens with one attached hydrogen (secondary N) is 3. The zero-order valence-electron chi connectivity index (χ0n) is 17.9. The third kappa shape index (κ3) is 6.36. The maximum absolute atomic E-state index is 12.4. The smallest absolute Gasteiger partial charge is 0.323 e. The molecule has 2 aromatic heterocycles. The van der Waals surface area contributed by atoms with Gasteiger partial charge in [-0.25, -0.2) is 0 Å². The molecule has 2 heterocycles. The van der Waals surface area contributed by atoms with Crippen LogP contribution < -0.4 is 21.5 Å². The lowest BCUT2D eigenvalue weighted by molar-refractivity contribution is -0.137. The molecule has 0 bridgehead atoms. The van der Waals surface area contributed by atoms with Crippen molar-refractivity contribution in [3.63, 3.8) is 0 Å². The molecule has 0 radical (unpaired) electrons. The van der Waals surface area contributed by atoms with Crippen LogP contribution in [0, 0.1) is 6.92 Å². The van der Waals surface area contributed by atoms with Crippen LogP contribution in [0.25, 0.3) is 10.9 Å². The fourth-order valence-corrected chi connectivity index (χ4v) is 3.45. The summed E-state index contributed by atoms with van der Waals surface area (Å²) in [7, 11) is -4.15. The van der Waals surface area contributed by atoms with Gasteiger partial charge in [-0.2, -0.15) is 23.4 Å². The summed E-state index contributed by atoms with van der Waals surface area (Å²) in [5.41, 5.74) is 1.20. The standard InChI is InChI=1S/C19H23N7O6S/c1-3-20-17-23-18(21-6-7-33(30,31)32)25-19(24-17)22-12-4-5-13-11(2)8-15(27)26(10-16(28)29)14(13)9-12/h4-5,8-9H,3,6-7,10H2,1-2H3,(H,28,29)(H,30,31,32)(H3,20,21,22,23,24,25). The third-order valence-electron chi connectivity index (χ3n) is 4.48. The van der Waals surface area contributed by atoms with Gasteiger partial charge in [0.05, 0.1) is 11.3 Å². The van der Waals surface area contributed by atoms with Crippen LogP contribution in [-0.4, -0.2) is 62.4 Å². The Balaban J connectivity index is 1.96. The molecule has 0 atom stereocenters. The number of benzene rings is 1. The van der Waals surface area contributed by atoms with Crippen LogP contribution in [0.3, 0.4) is 0 Å². The first-order valence-corrected chi connectivity index (χ1v) is 11.5. The molecule has 1 aromatic carbocycles. The Hall–Kier alpha value is -3.78. The van der Waals surface area contributed by atoms with E-state index in [1.165, 1.54) is 6.07 Å². The second-order valence-corrected chi connectivity index (χ2v) is 8.62. The lowest BCUT2D eigenvalue weighted by Crippen LogP contribution is -2.24. The van der Waals surface area contributed by atoms with Crippen molar-refractivity contribution in [1.29, 1.82) is 0 Å². The minimum absolute atomic E-state index is 0.0755. The number of fused-ring (bicyclic) bond motifs is 1. The van der Waals surface area contributed by atoms with Crippen LogP contribution in [0.15, 0.2) is 29.1 Å². The van der Waals surface area contributed by atoms with Crippen LogP contribution in [-0.2, 0) is 21.5 Å². The molecule has 5 N–H and O–H groups in total. The molecule has 0 unspecified atom stereocenters. The summed E-state index contributed by atoms with van der Waals surface area (Å²) in [5.74, 6) is -1.25. The second-order valence-electron chi connectivity index (χ2n) is 7.05. The SMILES string of the molecule is CCNc1nc(NCCS(=O)(=O)O)nc(Nc2ccc3c(C)cc(=O)n(CC(=O)O)c3c2)n1. The Labute approximate surface area is 188 Å². The van der Waals surface area contributed by atoms with Crippen molar-refractivity contribution in [2.75, 3.05) is 34.8 Å². The monoisotopic (exact) mass is 477 g/mol. The fraction of sp³-hybridized carbons (Fsp3) is 0.316. The lowest BCUT2D eigenvalue weighted by atomic mass is 10.1. The van der Waals surface area contributed by atoms with Crippen molar-refractivity contribution in [3.05, 3.63) is 40.2 Å². The highest BCUT2D eigenvalue weighted by atomic mass is 32.2. The Morgan fingerprint density at radius 2 is 1.76 bits per heavy atom. The molecule has 0 aliphatic carbocycles. The summed E-state index contributed by atoms with van der Waals surface area (Å²) >= 11 is 0. The van der Waals surface area contributed by atoms with E-state index < -0.39 is 33.9 Å². The molecule has 0 fully saturated rings. The third-order valence-corrected chi connectivity index (χ3v) is 5.20. The predicted molar refractivity (Wildman–Crippen MR) is 123 cm³/mol. The van der Waals surface area contributed by atoms with Gasteiger partial charge < -0.3 is 21.1 Å². The zero-order chi connectivity index (χ0) is 24.2. The Bertz CT molecular complexity index is 1360. The predicted octanol–water partition coefficient (Wildman–Crippen LogP) is 1.05. The maximum atomic E-state index is 12.4. The number of aryl methyl sites for hydroxylation is 1. The Kier molecular flexibility index (Phi) is 7.08. The number of aromatic nitrogens is 4. The number of carboxylic acid groups (broad SMARTS) is 1. The van der Waals surface area contributed by atoms with Crippen molar-refractivity contribution in [2.45, 2.75) is 20.4 Å². The van der Waals surface area contributed by atoms with E-state index in [1.54, 1.807) is 25.1 Å². The largest absolute Gasteiger partial charge is 0.480 e. The molecule has 0 amide bonds. The van der Waals surface area contributed by atoms with Gasteiger partial charge in [-0.05, 0) is 31.5 Å². The summed E-state index contributed by atoms with van der Waals surface area (Å²) in [4.78, 5) is 36.2. The maximum Gasteiger partial charge on any atom is 0.323 e. The highest BCUT2D eigenvalue weighted by Crippen LogP contribution is 2.23. The van der Waals surface area contributed by atoms with E-state index in [0.29, 0.717) is 23.3 Å². The Morgan fingerprint density at radius 3 is 2.39 bits per heavy atom. The van der Waals surface area contributed by atoms with E-state index >= 15 is 0 Å². The molecule has 33 heavy (non-hydrogen) atoms. The molecule has 0 aliphatic rings. The number of hydrogen-bond donors (Lipinski definition) is 5. The topological polar surface area (TPSA) is 188 Å². The van der Waals surface area contributed by atoms with Crippen LogP contribution in [0.4, 0.5) is 23.5 Å². The first-order chi connectivity index (χ1) is 15.6. The summed E-state index contributed by atoms with van der Waals surface area (Å²) in [6.07, 6.45) is 0. The van der Waals surface area contributed by atoms with E-state index in [0.717, 1.165) is 9.95 Å². The minimum Gasteiger partial charge on any atom is -0.480 e. The van der Waals surface area contributed by atoms with Crippen LogP contribution in [0.1, 0.15) is 12.5 Å². The van der Waals surface area contributed by atoms with E-state index in [9.17, 15) is 23.1 Å². The van der Waals surface area contributed by atoms with Crippen molar-refractivity contribution >= 4 is 50.5 Å². The molecule has 176 valence electrons. The molecular formula is C19H23N7O6S. The van der Waals surface area contributed by atoms with Crippen molar-refractivity contribution in [2.24, 2.45) is 0 Å². The van der Waals surface area contributed by atoms with Crippen LogP contribution in [0.5, 0.6) is 0 Å². The number of rotatable bonds is 10. The molecule has 0 spiro atoms. The van der Waals surface area contributed by atoms with E-state index in [4.69, 9.17) is 4.55 Å². The summed E-state index contributed by atoms with van der Waals surface area (Å²) < 4.78 is 31.9. The van der Waals surface area contributed by atoms with E-state index in [1.807, 2.05) is 6.92 Å². The molecule has 13 nitrogen and oxygen atoms in total. The van der Waals surface area contributed by atoms with Gasteiger partial charge in [0.1, 0.15) is 6.54 Å². The fourth-order valence-electron chi connectivity index (χ4n) is 3.09. The van der Waals surface area contributed by atoms with Crippen LogP contribution in [0.2, 0.25) is 0 Å². The zero-order valence-corrected chi connectivity index (χ0v) is 18.7. The molecule has 0 saturated carbocycles. The van der Waals surface area contributed by atoms with Crippen molar-refractivity contribution < 1.29 is 22.9 Å². The van der Waals surface area contributed by atoms with Gasteiger partial charge in [-0.15, -0.1) is 0 Å². The van der Waals surface area contributed by atoms with Crippen molar-refractivity contribution in [3.8, 4) is 0 Å². The number of carbonyl (C=O) groups is 1. The number of aliphatic carboxylic acids is 1. The molecule has 0 aliphatic heterocycles. The van der Waals surface area contributed by atoms with Crippen LogP contribution >= 0.6 is 0 Å². The number of anilines is 4. The highest BCUT2D eigenvalue weighted by molar-refractivity contribution is 7.85. The first kappa shape index (κ1) is 23.9. The van der Waals surface area contributed by atoms with E-state index in [-0.39, 0.29) is 24.4 Å². The van der Waals surface area contributed by atoms with Gasteiger partial charge in [0.15, 0.2) is 0 Å². The molecule has 14 heteroatoms. The average Bonchev–Trinajstić information content (AvgIpc) is 2.70. The quantitative estimate of drug-likeness (QED) is 0.261. The molecule has 0 saturated heterocycles. The van der Waals surface area contributed by atoms with Gasteiger partial charge in [0.2, 0.25) is 17.8 Å². The highest BCUT2D eigenvalue weighted by Gasteiger charge is 2.12. The lowest BCUT2D eigenvalue weighted by Gasteiger charge is -2.13. The first-order valence-electron chi connectivity index (χ1n) is 9.87. The Morgan fingerprint density at radius 1 is 1.09 bits per heavy atom. The normalized spacial score (nSPS) is 11.4. The summed E-state index contributed by atoms with van der Waals surface area (Å²) in [6, 6.07) is 6.49. The van der Waals surface area contributed by atoms with Gasteiger partial charge in [0, 0.05) is 30.2 Å². The summed E-state index contributed by atoms with van der Waals surface area (Å²) in [6.45, 7) is 3.52. The average molecular weight is 478 g/mol. The van der Waals surface area contributed by atoms with Gasteiger partial charge in [-0.1, -0.05) is 6.07 Å². The van der Waals surface area contributed by atoms with Crippen molar-refractivity contribution in [1.82, 2.24) is 19.5 Å². The van der Waals surface area contributed by atoms with Gasteiger partial charge in [0.25, 0.3) is 15.7 Å².